The summed E-state index contributed by atoms with van der Waals surface area (Å²) in [4.78, 5) is 4.75. The lowest BCUT2D eigenvalue weighted by Gasteiger charge is -2.13. The van der Waals surface area contributed by atoms with Crippen LogP contribution in [0.4, 0.5) is 13.2 Å². The number of benzene rings is 3. The summed E-state index contributed by atoms with van der Waals surface area (Å²) in [5, 5.41) is 3.15. The second-order valence-electron chi connectivity index (χ2n) is 8.23. The van der Waals surface area contributed by atoms with Crippen LogP contribution in [0.5, 0.6) is 5.75 Å². The minimum absolute atomic E-state index is 0.377. The van der Waals surface area contributed by atoms with E-state index in [1.165, 1.54) is 12.1 Å². The fourth-order valence-corrected chi connectivity index (χ4v) is 4.36. The molecule has 0 aliphatic rings. The fraction of sp³-hybridized carbons (Fsp3) is 0.222. The minimum Gasteiger partial charge on any atom is -0.488 e. The highest BCUT2D eigenvalue weighted by molar-refractivity contribution is 7.10. The smallest absolute Gasteiger partial charge is 0.416 e. The Labute approximate surface area is 195 Å². The van der Waals surface area contributed by atoms with Gasteiger partial charge in [-0.05, 0) is 53.4 Å². The molecule has 0 spiro atoms. The first kappa shape index (κ1) is 23.1. The van der Waals surface area contributed by atoms with Gasteiger partial charge >= 0.3 is 6.18 Å². The van der Waals surface area contributed by atoms with Crippen LogP contribution in [0.25, 0.3) is 22.4 Å². The molecule has 6 heteroatoms. The number of ether oxygens (including phenoxy) is 1. The molecule has 0 saturated heterocycles. The van der Waals surface area contributed by atoms with Gasteiger partial charge in [0.1, 0.15) is 12.4 Å². The van der Waals surface area contributed by atoms with Crippen LogP contribution in [0.1, 0.15) is 41.5 Å². The standard InChI is InChI=1S/C27H24F3NOS/c1-17(2)26-31-24(16-33-26)23-6-4-5-7-25(23)32-15-21-9-8-20(14-18(21)3)19-10-12-22(13-11-19)27(28,29)30/h4-14,16-17H,15H2,1-3H3. The molecule has 1 aromatic heterocycles. The number of aromatic nitrogens is 1. The van der Waals surface area contributed by atoms with E-state index in [-0.39, 0.29) is 0 Å². The summed E-state index contributed by atoms with van der Waals surface area (Å²) in [5.74, 6) is 1.15. The van der Waals surface area contributed by atoms with Gasteiger partial charge in [-0.1, -0.05) is 56.3 Å². The summed E-state index contributed by atoms with van der Waals surface area (Å²) in [7, 11) is 0. The summed E-state index contributed by atoms with van der Waals surface area (Å²) in [6.45, 7) is 6.62. The average Bonchev–Trinajstić information content (AvgIpc) is 3.28. The number of hydrogen-bond acceptors (Lipinski definition) is 3. The van der Waals surface area contributed by atoms with Gasteiger partial charge in [0.15, 0.2) is 0 Å². The number of para-hydroxylation sites is 1. The SMILES string of the molecule is Cc1cc(-c2ccc(C(F)(F)F)cc2)ccc1COc1ccccc1-c1csc(C(C)C)n1. The molecule has 1 heterocycles. The quantitative estimate of drug-likeness (QED) is 0.284. The Morgan fingerprint density at radius 1 is 0.939 bits per heavy atom. The van der Waals surface area contributed by atoms with Gasteiger partial charge in [-0.25, -0.2) is 4.98 Å². The highest BCUT2D eigenvalue weighted by Gasteiger charge is 2.30. The predicted octanol–water partition coefficient (Wildman–Crippen LogP) is 8.51. The number of alkyl halides is 3. The van der Waals surface area contributed by atoms with Gasteiger partial charge < -0.3 is 4.74 Å². The Balaban J connectivity index is 1.51. The molecule has 4 rings (SSSR count). The average molecular weight is 468 g/mol. The van der Waals surface area contributed by atoms with Crippen molar-refractivity contribution in [2.75, 3.05) is 0 Å². The molecule has 0 fully saturated rings. The molecule has 0 radical (unpaired) electrons. The number of rotatable bonds is 6. The van der Waals surface area contributed by atoms with E-state index >= 15 is 0 Å². The second-order valence-corrected chi connectivity index (χ2v) is 9.12. The Bertz CT molecular complexity index is 1240. The summed E-state index contributed by atoms with van der Waals surface area (Å²) in [5.41, 5.74) is 4.87. The molecule has 0 unspecified atom stereocenters. The van der Waals surface area contributed by atoms with Crippen LogP contribution < -0.4 is 4.74 Å². The van der Waals surface area contributed by atoms with Crippen LogP contribution in [0.3, 0.4) is 0 Å². The van der Waals surface area contributed by atoms with Crippen LogP contribution >= 0.6 is 11.3 Å². The zero-order chi connectivity index (χ0) is 23.6. The van der Waals surface area contributed by atoms with Crippen molar-refractivity contribution in [2.45, 2.75) is 39.5 Å². The van der Waals surface area contributed by atoms with E-state index in [2.05, 4.69) is 19.2 Å². The Morgan fingerprint density at radius 3 is 2.27 bits per heavy atom. The number of hydrogen-bond donors (Lipinski definition) is 0. The van der Waals surface area contributed by atoms with Crippen molar-refractivity contribution in [1.29, 1.82) is 0 Å². The van der Waals surface area contributed by atoms with Gasteiger partial charge in [-0.15, -0.1) is 11.3 Å². The third-order valence-corrected chi connectivity index (χ3v) is 6.60. The fourth-order valence-electron chi connectivity index (χ4n) is 3.53. The van der Waals surface area contributed by atoms with E-state index < -0.39 is 11.7 Å². The summed E-state index contributed by atoms with van der Waals surface area (Å²) >= 11 is 1.65. The molecule has 0 N–H and O–H groups in total. The Hall–Kier alpha value is -3.12. The molecule has 0 aliphatic carbocycles. The van der Waals surface area contributed by atoms with Crippen molar-refractivity contribution in [3.05, 3.63) is 93.8 Å². The lowest BCUT2D eigenvalue weighted by atomic mass is 9.99. The third-order valence-electron chi connectivity index (χ3n) is 5.45. The largest absolute Gasteiger partial charge is 0.488 e. The summed E-state index contributed by atoms with van der Waals surface area (Å²) in [6.07, 6.45) is -4.33. The van der Waals surface area contributed by atoms with E-state index in [9.17, 15) is 13.2 Å². The Kier molecular flexibility index (Phi) is 6.56. The molecule has 0 bridgehead atoms. The van der Waals surface area contributed by atoms with Gasteiger partial charge in [0.2, 0.25) is 0 Å². The van der Waals surface area contributed by atoms with E-state index in [4.69, 9.17) is 9.72 Å². The lowest BCUT2D eigenvalue weighted by Crippen LogP contribution is -2.04. The van der Waals surface area contributed by atoms with Gasteiger partial charge in [0, 0.05) is 16.9 Å². The van der Waals surface area contributed by atoms with Crippen molar-refractivity contribution >= 4 is 11.3 Å². The third kappa shape index (κ3) is 5.28. The molecule has 0 aliphatic heterocycles. The molecule has 3 aromatic carbocycles. The van der Waals surface area contributed by atoms with E-state index in [1.54, 1.807) is 11.3 Å². The molecule has 0 saturated carbocycles. The molecule has 170 valence electrons. The van der Waals surface area contributed by atoms with Crippen LogP contribution in [0.2, 0.25) is 0 Å². The van der Waals surface area contributed by atoms with E-state index in [0.717, 1.165) is 56.4 Å². The molecule has 0 atom stereocenters. The normalized spacial score (nSPS) is 11.7. The van der Waals surface area contributed by atoms with Crippen molar-refractivity contribution in [2.24, 2.45) is 0 Å². The predicted molar refractivity (Wildman–Crippen MR) is 128 cm³/mol. The minimum atomic E-state index is -4.33. The highest BCUT2D eigenvalue weighted by Crippen LogP contribution is 2.34. The maximum absolute atomic E-state index is 12.8. The maximum atomic E-state index is 12.8. The molecular weight excluding hydrogens is 443 g/mol. The number of aryl methyl sites for hydroxylation is 1. The van der Waals surface area contributed by atoms with Crippen molar-refractivity contribution in [1.82, 2.24) is 4.98 Å². The number of halogens is 3. The van der Waals surface area contributed by atoms with Crippen LogP contribution in [0, 0.1) is 6.92 Å². The van der Waals surface area contributed by atoms with Gasteiger partial charge in [0.25, 0.3) is 0 Å². The van der Waals surface area contributed by atoms with Crippen molar-refractivity contribution in [3.63, 3.8) is 0 Å². The van der Waals surface area contributed by atoms with Crippen LogP contribution in [-0.2, 0) is 12.8 Å². The van der Waals surface area contributed by atoms with Crippen LogP contribution in [0.15, 0.2) is 72.1 Å². The molecule has 0 amide bonds. The second kappa shape index (κ2) is 9.40. The molecule has 4 aromatic rings. The van der Waals surface area contributed by atoms with E-state index in [0.29, 0.717) is 12.5 Å². The van der Waals surface area contributed by atoms with Gasteiger partial charge in [-0.2, -0.15) is 13.2 Å². The van der Waals surface area contributed by atoms with E-state index in [1.807, 2.05) is 49.4 Å². The van der Waals surface area contributed by atoms with Gasteiger partial charge in [-0.3, -0.25) is 0 Å². The van der Waals surface area contributed by atoms with Gasteiger partial charge in [0.05, 0.1) is 16.3 Å². The zero-order valence-corrected chi connectivity index (χ0v) is 19.4. The van der Waals surface area contributed by atoms with Crippen molar-refractivity contribution < 1.29 is 17.9 Å². The number of nitrogens with zero attached hydrogens (tertiary/aromatic N) is 1. The Morgan fingerprint density at radius 2 is 1.64 bits per heavy atom. The lowest BCUT2D eigenvalue weighted by molar-refractivity contribution is -0.137. The highest BCUT2D eigenvalue weighted by atomic mass is 32.1. The van der Waals surface area contributed by atoms with Crippen LogP contribution in [-0.4, -0.2) is 4.98 Å². The molecule has 2 nitrogen and oxygen atoms in total. The molecular formula is C27H24F3NOS. The number of thiazole rings is 1. The maximum Gasteiger partial charge on any atom is 0.416 e. The first-order valence-electron chi connectivity index (χ1n) is 10.7. The monoisotopic (exact) mass is 467 g/mol. The van der Waals surface area contributed by atoms with Crippen molar-refractivity contribution in [3.8, 4) is 28.1 Å². The topological polar surface area (TPSA) is 22.1 Å². The first-order valence-corrected chi connectivity index (χ1v) is 11.5. The zero-order valence-electron chi connectivity index (χ0n) is 18.6. The summed E-state index contributed by atoms with van der Waals surface area (Å²) in [6, 6.07) is 18.9. The first-order chi connectivity index (χ1) is 15.7. The summed E-state index contributed by atoms with van der Waals surface area (Å²) < 4.78 is 44.6. The molecule has 33 heavy (non-hydrogen) atoms.